The van der Waals surface area contributed by atoms with Crippen molar-refractivity contribution in [1.29, 1.82) is 0 Å². The number of rotatable bonds is 5. The normalized spacial score (nSPS) is 16.3. The molecule has 0 heterocycles. The molecular formula is C13H17NO2S. The molecule has 1 saturated carbocycles. The third kappa shape index (κ3) is 3.89. The average molecular weight is 251 g/mol. The van der Waals surface area contributed by atoms with Gasteiger partial charge in [-0.25, -0.2) is 8.42 Å². The molecule has 1 aliphatic rings. The molecule has 92 valence electrons. The summed E-state index contributed by atoms with van der Waals surface area (Å²) in [5.41, 5.74) is 1.71. The van der Waals surface area contributed by atoms with Gasteiger partial charge in [0.25, 0.3) is 0 Å². The molecule has 2 rings (SSSR count). The zero-order valence-corrected chi connectivity index (χ0v) is 10.7. The molecule has 1 aliphatic carbocycles. The van der Waals surface area contributed by atoms with Crippen LogP contribution in [0.3, 0.4) is 0 Å². The molecule has 1 aromatic carbocycles. The smallest absolute Gasteiger partial charge is 0.232 e. The van der Waals surface area contributed by atoms with Crippen LogP contribution in [0.5, 0.6) is 0 Å². The monoisotopic (exact) mass is 251 g/mol. The van der Waals surface area contributed by atoms with Crippen molar-refractivity contribution in [3.05, 3.63) is 35.9 Å². The Morgan fingerprint density at radius 2 is 1.94 bits per heavy atom. The summed E-state index contributed by atoms with van der Waals surface area (Å²) in [7, 11) is -3.16. The number of hydrogen-bond acceptors (Lipinski definition) is 2. The van der Waals surface area contributed by atoms with E-state index >= 15 is 0 Å². The summed E-state index contributed by atoms with van der Waals surface area (Å²) >= 11 is 0. The lowest BCUT2D eigenvalue weighted by atomic mass is 10.2. The van der Waals surface area contributed by atoms with E-state index in [2.05, 4.69) is 4.72 Å². The van der Waals surface area contributed by atoms with Gasteiger partial charge >= 0.3 is 0 Å². The molecule has 3 nitrogen and oxygen atoms in total. The molecule has 1 fully saturated rings. The molecule has 4 heteroatoms. The van der Waals surface area contributed by atoms with E-state index in [0.29, 0.717) is 11.6 Å². The zero-order chi connectivity index (χ0) is 12.3. The third-order valence-corrected chi connectivity index (χ3v) is 4.15. The highest BCUT2D eigenvalue weighted by Gasteiger charge is 2.27. The van der Waals surface area contributed by atoms with E-state index < -0.39 is 10.0 Å². The van der Waals surface area contributed by atoms with Crippen LogP contribution in [0.4, 0.5) is 5.69 Å². The SMILES string of the molecule is CC=Cc1ccc(NS(=O)(=O)CC2CC2)cc1. The molecule has 17 heavy (non-hydrogen) atoms. The molecule has 1 N–H and O–H groups in total. The van der Waals surface area contributed by atoms with Crippen molar-refractivity contribution >= 4 is 21.8 Å². The van der Waals surface area contributed by atoms with E-state index in [1.807, 2.05) is 31.2 Å². The summed E-state index contributed by atoms with van der Waals surface area (Å²) in [6, 6.07) is 7.38. The fourth-order valence-corrected chi connectivity index (χ4v) is 3.20. The first-order chi connectivity index (χ1) is 8.09. The lowest BCUT2D eigenvalue weighted by Gasteiger charge is -2.07. The Morgan fingerprint density at radius 3 is 2.47 bits per heavy atom. The number of anilines is 1. The van der Waals surface area contributed by atoms with Crippen LogP contribution in [0.1, 0.15) is 25.3 Å². The maximum Gasteiger partial charge on any atom is 0.232 e. The second kappa shape index (κ2) is 4.92. The third-order valence-electron chi connectivity index (χ3n) is 2.70. The molecule has 0 atom stereocenters. The van der Waals surface area contributed by atoms with Gasteiger partial charge in [-0.3, -0.25) is 4.72 Å². The summed E-state index contributed by atoms with van der Waals surface area (Å²) in [6.07, 6.45) is 6.01. The molecule has 0 amide bonds. The fourth-order valence-electron chi connectivity index (χ4n) is 1.67. The summed E-state index contributed by atoms with van der Waals surface area (Å²) < 4.78 is 26.1. The minimum Gasteiger partial charge on any atom is -0.284 e. The van der Waals surface area contributed by atoms with Crippen molar-refractivity contribution in [2.24, 2.45) is 5.92 Å². The van der Waals surface area contributed by atoms with Crippen LogP contribution in [-0.2, 0) is 10.0 Å². The van der Waals surface area contributed by atoms with E-state index in [1.165, 1.54) is 0 Å². The van der Waals surface area contributed by atoms with Gasteiger partial charge in [-0.15, -0.1) is 0 Å². The minimum absolute atomic E-state index is 0.254. The molecule has 0 saturated heterocycles. The Labute approximate surface area is 103 Å². The van der Waals surface area contributed by atoms with Crippen LogP contribution in [0.2, 0.25) is 0 Å². The van der Waals surface area contributed by atoms with E-state index in [9.17, 15) is 8.42 Å². The Hall–Kier alpha value is -1.29. The molecule has 0 spiro atoms. The number of hydrogen-bond donors (Lipinski definition) is 1. The van der Waals surface area contributed by atoms with Crippen molar-refractivity contribution in [3.63, 3.8) is 0 Å². The van der Waals surface area contributed by atoms with Crippen molar-refractivity contribution in [2.45, 2.75) is 19.8 Å². The Bertz CT molecular complexity index is 499. The van der Waals surface area contributed by atoms with Crippen molar-refractivity contribution in [3.8, 4) is 0 Å². The maximum absolute atomic E-state index is 11.7. The van der Waals surface area contributed by atoms with Gasteiger partial charge < -0.3 is 0 Å². The van der Waals surface area contributed by atoms with E-state index in [-0.39, 0.29) is 5.75 Å². The van der Waals surface area contributed by atoms with Crippen molar-refractivity contribution in [2.75, 3.05) is 10.5 Å². The summed E-state index contributed by atoms with van der Waals surface area (Å²) in [6.45, 7) is 1.95. The van der Waals surface area contributed by atoms with Gasteiger partial charge in [0.1, 0.15) is 0 Å². The predicted octanol–water partition coefficient (Wildman–Crippen LogP) is 2.87. The van der Waals surface area contributed by atoms with E-state index in [4.69, 9.17) is 0 Å². The number of sulfonamides is 1. The number of nitrogens with one attached hydrogen (secondary N) is 1. The van der Waals surface area contributed by atoms with Crippen molar-refractivity contribution < 1.29 is 8.42 Å². The molecule has 1 aromatic rings. The van der Waals surface area contributed by atoms with Gasteiger partial charge in [0.2, 0.25) is 10.0 Å². The highest BCUT2D eigenvalue weighted by Crippen LogP contribution is 2.30. The fraction of sp³-hybridized carbons (Fsp3) is 0.385. The Balaban J connectivity index is 2.02. The Morgan fingerprint density at radius 1 is 1.29 bits per heavy atom. The largest absolute Gasteiger partial charge is 0.284 e. The highest BCUT2D eigenvalue weighted by molar-refractivity contribution is 7.92. The summed E-state index contributed by atoms with van der Waals surface area (Å²) in [4.78, 5) is 0. The van der Waals surface area contributed by atoms with Crippen LogP contribution in [0.25, 0.3) is 6.08 Å². The second-order valence-electron chi connectivity index (χ2n) is 4.45. The topological polar surface area (TPSA) is 46.2 Å². The summed E-state index contributed by atoms with van der Waals surface area (Å²) in [5.74, 6) is 0.624. The standard InChI is InChI=1S/C13H17NO2S/c1-2-3-11-6-8-13(9-7-11)14-17(15,16)10-12-4-5-12/h2-3,6-9,12,14H,4-5,10H2,1H3. The lowest BCUT2D eigenvalue weighted by molar-refractivity contribution is 0.597. The first-order valence-electron chi connectivity index (χ1n) is 5.82. The number of benzene rings is 1. The second-order valence-corrected chi connectivity index (χ2v) is 6.22. The van der Waals surface area contributed by atoms with Crippen LogP contribution in [0, 0.1) is 5.92 Å². The van der Waals surface area contributed by atoms with Crippen LogP contribution < -0.4 is 4.72 Å². The molecule has 0 aliphatic heterocycles. The average Bonchev–Trinajstić information content (AvgIpc) is 3.04. The van der Waals surface area contributed by atoms with Crippen LogP contribution in [-0.4, -0.2) is 14.2 Å². The number of allylic oxidation sites excluding steroid dienone is 1. The minimum atomic E-state index is -3.16. The van der Waals surface area contributed by atoms with Crippen molar-refractivity contribution in [1.82, 2.24) is 0 Å². The van der Waals surface area contributed by atoms with Gasteiger partial charge in [-0.2, -0.15) is 0 Å². The van der Waals surface area contributed by atoms with Gasteiger partial charge in [0.15, 0.2) is 0 Å². The molecule has 0 unspecified atom stereocenters. The van der Waals surface area contributed by atoms with E-state index in [0.717, 1.165) is 18.4 Å². The molecule has 0 radical (unpaired) electrons. The van der Waals surface area contributed by atoms with Crippen LogP contribution >= 0.6 is 0 Å². The van der Waals surface area contributed by atoms with Gasteiger partial charge in [0, 0.05) is 5.69 Å². The van der Waals surface area contributed by atoms with Gasteiger partial charge in [-0.1, -0.05) is 24.3 Å². The molecular weight excluding hydrogens is 234 g/mol. The van der Waals surface area contributed by atoms with Gasteiger partial charge in [0.05, 0.1) is 5.75 Å². The maximum atomic E-state index is 11.7. The Kier molecular flexibility index (Phi) is 3.52. The first kappa shape index (κ1) is 12.2. The molecule has 0 aromatic heterocycles. The quantitative estimate of drug-likeness (QED) is 0.874. The van der Waals surface area contributed by atoms with Crippen LogP contribution in [0.15, 0.2) is 30.3 Å². The highest BCUT2D eigenvalue weighted by atomic mass is 32.2. The summed E-state index contributed by atoms with van der Waals surface area (Å²) in [5, 5.41) is 0. The molecule has 0 bridgehead atoms. The zero-order valence-electron chi connectivity index (χ0n) is 9.89. The lowest BCUT2D eigenvalue weighted by Crippen LogP contribution is -2.17. The first-order valence-corrected chi connectivity index (χ1v) is 7.47. The predicted molar refractivity (Wildman–Crippen MR) is 71.3 cm³/mol. The van der Waals surface area contributed by atoms with E-state index in [1.54, 1.807) is 12.1 Å². The van der Waals surface area contributed by atoms with Gasteiger partial charge in [-0.05, 0) is 43.4 Å².